The Hall–Kier alpha value is -2.73. The van der Waals surface area contributed by atoms with Gasteiger partial charge in [0.05, 0.1) is 12.8 Å². The van der Waals surface area contributed by atoms with Gasteiger partial charge in [-0.3, -0.25) is 9.80 Å². The van der Waals surface area contributed by atoms with Crippen LogP contribution in [0.2, 0.25) is 0 Å². The second-order valence-electron chi connectivity index (χ2n) is 8.01. The first-order valence-electron chi connectivity index (χ1n) is 10.1. The molecule has 29 heavy (non-hydrogen) atoms. The topological polar surface area (TPSA) is 62.2 Å². The number of benzene rings is 2. The first-order valence-corrected chi connectivity index (χ1v) is 10.1. The number of aromatic hydroxyl groups is 1. The highest BCUT2D eigenvalue weighted by Gasteiger charge is 2.44. The molecule has 2 atom stereocenters. The fraction of sp³-hybridized carbons (Fsp3) is 0.435. The number of methoxy groups -OCH3 is 1. The van der Waals surface area contributed by atoms with Gasteiger partial charge in [-0.15, -0.1) is 0 Å². The lowest BCUT2D eigenvalue weighted by atomic mass is 9.94. The largest absolute Gasteiger partial charge is 0.503 e. The Balaban J connectivity index is 1.40. The highest BCUT2D eigenvalue weighted by molar-refractivity contribution is 5.89. The van der Waals surface area contributed by atoms with Crippen molar-refractivity contribution in [3.63, 3.8) is 0 Å². The van der Waals surface area contributed by atoms with E-state index in [-0.39, 0.29) is 11.9 Å². The predicted octanol–water partition coefficient (Wildman–Crippen LogP) is 3.88. The summed E-state index contributed by atoms with van der Waals surface area (Å²) in [5.41, 5.74) is 1.69. The molecule has 0 spiro atoms. The summed E-state index contributed by atoms with van der Waals surface area (Å²) in [7, 11) is 3.10. The molecule has 1 amide bonds. The number of hydrogen-bond acceptors (Lipinski definition) is 5. The zero-order valence-corrected chi connectivity index (χ0v) is 17.0. The van der Waals surface area contributed by atoms with Crippen molar-refractivity contribution in [2.75, 3.05) is 32.1 Å². The molecule has 2 aliphatic rings. The maximum absolute atomic E-state index is 12.8. The van der Waals surface area contributed by atoms with Crippen molar-refractivity contribution in [2.24, 2.45) is 11.8 Å². The zero-order chi connectivity index (χ0) is 20.4. The quantitative estimate of drug-likeness (QED) is 0.831. The monoisotopic (exact) mass is 396 g/mol. The van der Waals surface area contributed by atoms with Crippen molar-refractivity contribution in [2.45, 2.75) is 25.5 Å². The van der Waals surface area contributed by atoms with E-state index in [0.717, 1.165) is 32.5 Å². The van der Waals surface area contributed by atoms with E-state index in [1.807, 2.05) is 6.07 Å². The molecule has 154 valence electrons. The number of likely N-dealkylation sites (tertiary alicyclic amines) is 1. The van der Waals surface area contributed by atoms with Gasteiger partial charge >= 0.3 is 6.09 Å². The van der Waals surface area contributed by atoms with Crippen molar-refractivity contribution < 1.29 is 19.4 Å². The molecule has 4 rings (SSSR count). The molecule has 2 bridgehead atoms. The Labute approximate surface area is 171 Å². The van der Waals surface area contributed by atoms with Crippen LogP contribution in [-0.2, 0) is 11.3 Å². The number of phenolic OH excluding ortho intramolecular Hbond substituents is 1. The van der Waals surface area contributed by atoms with Gasteiger partial charge in [0.15, 0.2) is 11.5 Å². The number of piperidine rings is 1. The fourth-order valence-corrected chi connectivity index (χ4v) is 4.67. The number of anilines is 1. The molecule has 1 N–H and O–H groups in total. The van der Waals surface area contributed by atoms with Crippen LogP contribution in [0.15, 0.2) is 48.5 Å². The van der Waals surface area contributed by atoms with Gasteiger partial charge in [-0.05, 0) is 30.5 Å². The van der Waals surface area contributed by atoms with Crippen LogP contribution in [0.25, 0.3) is 0 Å². The number of carbonyl (C=O) groups excluding carboxylic acids is 1. The van der Waals surface area contributed by atoms with Crippen LogP contribution in [0.4, 0.5) is 10.5 Å². The average molecular weight is 396 g/mol. The number of hydrogen-bond donors (Lipinski definition) is 1. The number of rotatable bonds is 5. The molecule has 2 aromatic rings. The number of para-hydroxylation sites is 1. The normalized spacial score (nSPS) is 23.6. The van der Waals surface area contributed by atoms with E-state index in [1.165, 1.54) is 17.6 Å². The van der Waals surface area contributed by atoms with Crippen LogP contribution < -0.4 is 9.64 Å². The molecular formula is C23H28N2O4. The minimum absolute atomic E-state index is 0.0601. The molecule has 1 saturated heterocycles. The van der Waals surface area contributed by atoms with Gasteiger partial charge in [0, 0.05) is 38.5 Å². The van der Waals surface area contributed by atoms with Gasteiger partial charge in [0.25, 0.3) is 0 Å². The summed E-state index contributed by atoms with van der Waals surface area (Å²) in [5, 5.41) is 10.3. The number of ether oxygens (including phenoxy) is 2. The molecule has 1 heterocycles. The summed E-state index contributed by atoms with van der Waals surface area (Å²) in [6.45, 7) is 2.82. The lowest BCUT2D eigenvalue weighted by Crippen LogP contribution is -2.47. The Bertz CT molecular complexity index is 843. The molecule has 0 radical (unpaired) electrons. The maximum atomic E-state index is 12.8. The van der Waals surface area contributed by atoms with Gasteiger partial charge in [-0.25, -0.2) is 4.79 Å². The fourth-order valence-electron chi connectivity index (χ4n) is 4.67. The third-order valence-corrected chi connectivity index (χ3v) is 6.14. The number of amides is 1. The summed E-state index contributed by atoms with van der Waals surface area (Å²) < 4.78 is 11.1. The third-order valence-electron chi connectivity index (χ3n) is 6.14. The van der Waals surface area contributed by atoms with Gasteiger partial charge in [-0.1, -0.05) is 36.4 Å². The lowest BCUT2D eigenvalue weighted by Gasteiger charge is -2.38. The van der Waals surface area contributed by atoms with Gasteiger partial charge in [-0.2, -0.15) is 0 Å². The molecule has 2 aromatic carbocycles. The van der Waals surface area contributed by atoms with Crippen LogP contribution in [0.1, 0.15) is 18.4 Å². The highest BCUT2D eigenvalue weighted by atomic mass is 16.6. The van der Waals surface area contributed by atoms with E-state index in [4.69, 9.17) is 9.47 Å². The number of nitrogens with zero attached hydrogens (tertiary/aromatic N) is 2. The van der Waals surface area contributed by atoms with E-state index in [9.17, 15) is 9.90 Å². The number of phenols is 1. The van der Waals surface area contributed by atoms with Gasteiger partial charge in [0.1, 0.15) is 6.10 Å². The molecule has 6 heteroatoms. The molecule has 0 aromatic heterocycles. The van der Waals surface area contributed by atoms with E-state index in [2.05, 4.69) is 29.2 Å². The van der Waals surface area contributed by atoms with Crippen molar-refractivity contribution in [1.29, 1.82) is 0 Å². The SMILES string of the molecule is COc1cccc(N(C)C(=O)OC2C3CCC2CN(Cc2ccccc2)C3)c1O. The lowest BCUT2D eigenvalue weighted by molar-refractivity contribution is 0.000456. The Morgan fingerprint density at radius 3 is 2.45 bits per heavy atom. The molecule has 2 fully saturated rings. The standard InChI is InChI=1S/C23H28N2O4/c1-24(19-9-6-10-20(28-2)21(19)26)23(27)29-22-17-11-12-18(22)15-25(14-17)13-16-7-4-3-5-8-16/h3-10,17-18,22,26H,11-15H2,1-2H3. The smallest absolute Gasteiger partial charge is 0.414 e. The van der Waals surface area contributed by atoms with Crippen molar-refractivity contribution in [3.8, 4) is 11.5 Å². The minimum Gasteiger partial charge on any atom is -0.503 e. The molecule has 6 nitrogen and oxygen atoms in total. The summed E-state index contributed by atoms with van der Waals surface area (Å²) in [4.78, 5) is 16.6. The van der Waals surface area contributed by atoms with Crippen LogP contribution in [0.5, 0.6) is 11.5 Å². The minimum atomic E-state index is -0.438. The van der Waals surface area contributed by atoms with Crippen LogP contribution in [0, 0.1) is 11.8 Å². The second-order valence-corrected chi connectivity index (χ2v) is 8.01. The highest BCUT2D eigenvalue weighted by Crippen LogP contribution is 2.41. The summed E-state index contributed by atoms with van der Waals surface area (Å²) in [6.07, 6.45) is 1.67. The van der Waals surface area contributed by atoms with E-state index in [1.54, 1.807) is 25.2 Å². The van der Waals surface area contributed by atoms with Crippen LogP contribution in [-0.4, -0.2) is 49.5 Å². The van der Waals surface area contributed by atoms with E-state index in [0.29, 0.717) is 23.3 Å². The van der Waals surface area contributed by atoms with Crippen LogP contribution >= 0.6 is 0 Å². The summed E-state index contributed by atoms with van der Waals surface area (Å²) >= 11 is 0. The Kier molecular flexibility index (Phi) is 5.62. The third kappa shape index (κ3) is 4.03. The molecular weight excluding hydrogens is 368 g/mol. The summed E-state index contributed by atoms with van der Waals surface area (Å²) in [5.74, 6) is 0.981. The van der Waals surface area contributed by atoms with Crippen molar-refractivity contribution in [1.82, 2.24) is 4.90 Å². The van der Waals surface area contributed by atoms with Crippen molar-refractivity contribution >= 4 is 11.8 Å². The first-order chi connectivity index (χ1) is 14.1. The van der Waals surface area contributed by atoms with Gasteiger partial charge in [0.2, 0.25) is 0 Å². The number of carbonyl (C=O) groups is 1. The Morgan fingerprint density at radius 2 is 1.79 bits per heavy atom. The second kappa shape index (κ2) is 8.33. The van der Waals surface area contributed by atoms with E-state index < -0.39 is 6.09 Å². The molecule has 1 saturated carbocycles. The average Bonchev–Trinajstić information content (AvgIpc) is 2.96. The van der Waals surface area contributed by atoms with Crippen molar-refractivity contribution in [3.05, 3.63) is 54.1 Å². The summed E-state index contributed by atoms with van der Waals surface area (Å²) in [6, 6.07) is 15.6. The zero-order valence-electron chi connectivity index (χ0n) is 17.0. The number of fused-ring (bicyclic) bond motifs is 2. The molecule has 1 aliphatic carbocycles. The van der Waals surface area contributed by atoms with Gasteiger partial charge < -0.3 is 14.6 Å². The Morgan fingerprint density at radius 1 is 1.10 bits per heavy atom. The van der Waals surface area contributed by atoms with Crippen LogP contribution in [0.3, 0.4) is 0 Å². The predicted molar refractivity (Wildman–Crippen MR) is 111 cm³/mol. The van der Waals surface area contributed by atoms with E-state index >= 15 is 0 Å². The molecule has 1 aliphatic heterocycles. The molecule has 2 unspecified atom stereocenters. The maximum Gasteiger partial charge on any atom is 0.414 e. The first kappa shape index (κ1) is 19.6.